The highest BCUT2D eigenvalue weighted by atomic mass is 79.9. The molecule has 2 nitrogen and oxygen atoms in total. The number of benzene rings is 2. The first kappa shape index (κ1) is 14.3. The molecule has 0 unspecified atom stereocenters. The normalized spacial score (nSPS) is 16.0. The molecule has 0 aliphatic carbocycles. The number of carbonyl (C=O) groups is 1. The van der Waals surface area contributed by atoms with Gasteiger partial charge in [0.15, 0.2) is 0 Å². The Labute approximate surface area is 133 Å². The maximum absolute atomic E-state index is 12.6. The Balaban J connectivity index is 1.66. The van der Waals surface area contributed by atoms with Crippen LogP contribution in [0.2, 0.25) is 0 Å². The Morgan fingerprint density at radius 2 is 1.57 bits per heavy atom. The summed E-state index contributed by atoms with van der Waals surface area (Å²) in [7, 11) is 0. The molecule has 0 aromatic heterocycles. The van der Waals surface area contributed by atoms with Gasteiger partial charge in [-0.25, -0.2) is 0 Å². The van der Waals surface area contributed by atoms with E-state index in [-0.39, 0.29) is 5.91 Å². The van der Waals surface area contributed by atoms with Crippen LogP contribution in [0.4, 0.5) is 0 Å². The minimum atomic E-state index is 0.133. The van der Waals surface area contributed by atoms with E-state index in [1.54, 1.807) is 0 Å². The highest BCUT2D eigenvalue weighted by molar-refractivity contribution is 9.10. The molecule has 0 atom stereocenters. The third-order valence-electron chi connectivity index (χ3n) is 4.16. The minimum absolute atomic E-state index is 0.133. The molecule has 1 amide bonds. The van der Waals surface area contributed by atoms with Crippen molar-refractivity contribution in [1.82, 2.24) is 4.90 Å². The molecule has 0 saturated carbocycles. The van der Waals surface area contributed by atoms with E-state index in [1.807, 2.05) is 29.2 Å². The molecule has 2 aromatic carbocycles. The first-order valence-electron chi connectivity index (χ1n) is 7.34. The first-order chi connectivity index (χ1) is 10.3. The zero-order valence-electron chi connectivity index (χ0n) is 11.8. The molecule has 21 heavy (non-hydrogen) atoms. The van der Waals surface area contributed by atoms with Crippen LogP contribution in [0.3, 0.4) is 0 Å². The van der Waals surface area contributed by atoms with E-state index in [0.717, 1.165) is 36.0 Å². The van der Waals surface area contributed by atoms with Crippen molar-refractivity contribution < 1.29 is 4.79 Å². The number of hydrogen-bond acceptors (Lipinski definition) is 1. The summed E-state index contributed by atoms with van der Waals surface area (Å²) >= 11 is 3.46. The van der Waals surface area contributed by atoms with Crippen LogP contribution in [0.1, 0.15) is 34.7 Å². The standard InChI is InChI=1S/C18H18BrNO/c19-17-9-5-4-8-16(17)18(21)20-12-10-15(11-13-20)14-6-2-1-3-7-14/h1-9,15H,10-13H2. The van der Waals surface area contributed by atoms with Crippen LogP contribution in [0.5, 0.6) is 0 Å². The highest BCUT2D eigenvalue weighted by Crippen LogP contribution is 2.29. The van der Waals surface area contributed by atoms with Crippen LogP contribution >= 0.6 is 15.9 Å². The van der Waals surface area contributed by atoms with Crippen LogP contribution in [0.15, 0.2) is 59.1 Å². The Hall–Kier alpha value is -1.61. The van der Waals surface area contributed by atoms with Gasteiger partial charge >= 0.3 is 0 Å². The summed E-state index contributed by atoms with van der Waals surface area (Å²) in [6, 6.07) is 18.3. The van der Waals surface area contributed by atoms with Gasteiger partial charge in [0.05, 0.1) is 5.56 Å². The Bertz CT molecular complexity index is 618. The number of amides is 1. The molecule has 0 bridgehead atoms. The molecular weight excluding hydrogens is 326 g/mol. The molecule has 1 fully saturated rings. The second kappa shape index (κ2) is 6.44. The van der Waals surface area contributed by atoms with E-state index in [0.29, 0.717) is 5.92 Å². The van der Waals surface area contributed by atoms with E-state index in [4.69, 9.17) is 0 Å². The van der Waals surface area contributed by atoms with Gasteiger partial charge in [-0.3, -0.25) is 4.79 Å². The third-order valence-corrected chi connectivity index (χ3v) is 4.85. The maximum Gasteiger partial charge on any atom is 0.254 e. The molecule has 1 aliphatic rings. The van der Waals surface area contributed by atoms with E-state index in [9.17, 15) is 4.79 Å². The lowest BCUT2D eigenvalue weighted by atomic mass is 9.89. The summed E-state index contributed by atoms with van der Waals surface area (Å²) in [5.41, 5.74) is 2.15. The smallest absolute Gasteiger partial charge is 0.254 e. The summed E-state index contributed by atoms with van der Waals surface area (Å²) in [5.74, 6) is 0.712. The van der Waals surface area contributed by atoms with Gasteiger partial charge in [0.1, 0.15) is 0 Å². The molecule has 2 aromatic rings. The zero-order chi connectivity index (χ0) is 14.7. The molecular formula is C18H18BrNO. The number of piperidine rings is 1. The highest BCUT2D eigenvalue weighted by Gasteiger charge is 2.25. The van der Waals surface area contributed by atoms with Crippen molar-refractivity contribution in [2.24, 2.45) is 0 Å². The number of rotatable bonds is 2. The predicted octanol–water partition coefficient (Wildman–Crippen LogP) is 4.47. The van der Waals surface area contributed by atoms with Gasteiger partial charge in [0.2, 0.25) is 0 Å². The van der Waals surface area contributed by atoms with E-state index >= 15 is 0 Å². The summed E-state index contributed by atoms with van der Waals surface area (Å²) in [6.45, 7) is 1.67. The fourth-order valence-electron chi connectivity index (χ4n) is 2.95. The number of halogens is 1. The second-order valence-corrected chi connectivity index (χ2v) is 6.31. The van der Waals surface area contributed by atoms with Gasteiger partial charge < -0.3 is 4.90 Å². The molecule has 1 aliphatic heterocycles. The summed E-state index contributed by atoms with van der Waals surface area (Å²) in [6.07, 6.45) is 2.08. The minimum Gasteiger partial charge on any atom is -0.339 e. The predicted molar refractivity (Wildman–Crippen MR) is 88.5 cm³/mol. The summed E-state index contributed by atoms with van der Waals surface area (Å²) < 4.78 is 0.875. The van der Waals surface area contributed by atoms with Crippen molar-refractivity contribution in [3.05, 3.63) is 70.2 Å². The molecule has 0 N–H and O–H groups in total. The quantitative estimate of drug-likeness (QED) is 0.787. The Kier molecular flexibility index (Phi) is 4.39. The largest absolute Gasteiger partial charge is 0.339 e. The first-order valence-corrected chi connectivity index (χ1v) is 8.14. The van der Waals surface area contributed by atoms with Crippen molar-refractivity contribution in [1.29, 1.82) is 0 Å². The van der Waals surface area contributed by atoms with E-state index < -0.39 is 0 Å². The summed E-state index contributed by atoms with van der Waals surface area (Å²) in [4.78, 5) is 14.5. The van der Waals surface area contributed by atoms with Crippen LogP contribution in [0, 0.1) is 0 Å². The lowest BCUT2D eigenvalue weighted by Gasteiger charge is -2.32. The van der Waals surface area contributed by atoms with Gasteiger partial charge in [-0.1, -0.05) is 42.5 Å². The Morgan fingerprint density at radius 3 is 2.24 bits per heavy atom. The lowest BCUT2D eigenvalue weighted by molar-refractivity contribution is 0.0712. The number of nitrogens with zero attached hydrogens (tertiary/aromatic N) is 1. The molecule has 108 valence electrons. The van der Waals surface area contributed by atoms with E-state index in [2.05, 4.69) is 46.3 Å². The van der Waals surface area contributed by atoms with Crippen molar-refractivity contribution in [2.75, 3.05) is 13.1 Å². The maximum atomic E-state index is 12.6. The van der Waals surface area contributed by atoms with Crippen LogP contribution < -0.4 is 0 Å². The lowest BCUT2D eigenvalue weighted by Crippen LogP contribution is -2.38. The molecule has 1 saturated heterocycles. The number of likely N-dealkylation sites (tertiary alicyclic amines) is 1. The molecule has 3 heteroatoms. The van der Waals surface area contributed by atoms with Crippen LogP contribution in [-0.4, -0.2) is 23.9 Å². The fourth-order valence-corrected chi connectivity index (χ4v) is 3.40. The van der Waals surface area contributed by atoms with Crippen molar-refractivity contribution in [2.45, 2.75) is 18.8 Å². The second-order valence-electron chi connectivity index (χ2n) is 5.46. The molecule has 3 rings (SSSR count). The molecule has 0 radical (unpaired) electrons. The van der Waals surface area contributed by atoms with Gasteiger partial charge in [0.25, 0.3) is 5.91 Å². The Morgan fingerprint density at radius 1 is 0.952 bits per heavy atom. The fraction of sp³-hybridized carbons (Fsp3) is 0.278. The van der Waals surface area contributed by atoms with Crippen molar-refractivity contribution >= 4 is 21.8 Å². The van der Waals surface area contributed by atoms with Crippen molar-refractivity contribution in [3.63, 3.8) is 0 Å². The van der Waals surface area contributed by atoms with Crippen molar-refractivity contribution in [3.8, 4) is 0 Å². The molecule has 1 heterocycles. The topological polar surface area (TPSA) is 20.3 Å². The number of hydrogen-bond donors (Lipinski definition) is 0. The van der Waals surface area contributed by atoms with E-state index in [1.165, 1.54) is 5.56 Å². The average Bonchev–Trinajstić information content (AvgIpc) is 2.56. The zero-order valence-corrected chi connectivity index (χ0v) is 13.4. The third kappa shape index (κ3) is 3.18. The molecule has 0 spiro atoms. The van der Waals surface area contributed by atoms with Gasteiger partial charge in [-0.15, -0.1) is 0 Å². The SMILES string of the molecule is O=C(c1ccccc1Br)N1CCC(c2ccccc2)CC1. The summed E-state index contributed by atoms with van der Waals surface area (Å²) in [5, 5.41) is 0. The van der Waals surface area contributed by atoms with Gasteiger partial charge in [0, 0.05) is 17.6 Å². The van der Waals surface area contributed by atoms with Crippen LogP contribution in [0.25, 0.3) is 0 Å². The number of carbonyl (C=O) groups excluding carboxylic acids is 1. The van der Waals surface area contributed by atoms with Gasteiger partial charge in [-0.05, 0) is 52.4 Å². The van der Waals surface area contributed by atoms with Gasteiger partial charge in [-0.2, -0.15) is 0 Å². The average molecular weight is 344 g/mol. The monoisotopic (exact) mass is 343 g/mol. The van der Waals surface area contributed by atoms with Crippen LogP contribution in [-0.2, 0) is 0 Å².